The number of hydrogen-bond donors (Lipinski definition) is 2. The van der Waals surface area contributed by atoms with E-state index in [-0.39, 0.29) is 16.7 Å². The molecule has 0 bridgehead atoms. The zero-order valence-electron chi connectivity index (χ0n) is 10.5. The number of nitrogens with two attached hydrogens (primary N) is 1. The van der Waals surface area contributed by atoms with Gasteiger partial charge in [0.2, 0.25) is 10.0 Å². The highest BCUT2D eigenvalue weighted by Crippen LogP contribution is 2.09. The van der Waals surface area contributed by atoms with E-state index in [1.54, 1.807) is 24.3 Å². The van der Waals surface area contributed by atoms with Gasteiger partial charge in [0.15, 0.2) is 0 Å². The van der Waals surface area contributed by atoms with Gasteiger partial charge in [0, 0.05) is 12.1 Å². The van der Waals surface area contributed by atoms with Crippen molar-refractivity contribution in [2.45, 2.75) is 19.6 Å². The van der Waals surface area contributed by atoms with Gasteiger partial charge in [-0.15, -0.1) is 0 Å². The molecule has 1 aromatic carbocycles. The van der Waals surface area contributed by atoms with Crippen LogP contribution in [0.4, 0.5) is 0 Å². The quantitative estimate of drug-likeness (QED) is 0.775. The van der Waals surface area contributed by atoms with Crippen molar-refractivity contribution < 1.29 is 8.42 Å². The molecule has 0 unspecified atom stereocenters. The van der Waals surface area contributed by atoms with E-state index in [9.17, 15) is 8.42 Å². The Morgan fingerprint density at radius 1 is 1.44 bits per heavy atom. The first-order valence-corrected chi connectivity index (χ1v) is 7.72. The molecule has 6 heteroatoms. The molecule has 0 fully saturated rings. The third kappa shape index (κ3) is 5.12. The van der Waals surface area contributed by atoms with Crippen molar-refractivity contribution in [1.29, 1.82) is 0 Å². The fourth-order valence-corrected chi connectivity index (χ4v) is 2.81. The maximum Gasteiger partial charge on any atom is 0.215 e. The molecule has 0 saturated heterocycles. The Morgan fingerprint density at radius 3 is 2.67 bits per heavy atom. The predicted molar refractivity (Wildman–Crippen MR) is 77.8 cm³/mol. The van der Waals surface area contributed by atoms with Crippen LogP contribution in [0.15, 0.2) is 24.3 Å². The first-order chi connectivity index (χ1) is 8.30. The van der Waals surface area contributed by atoms with Crippen molar-refractivity contribution in [2.75, 3.05) is 6.54 Å². The van der Waals surface area contributed by atoms with Gasteiger partial charge < -0.3 is 5.73 Å². The van der Waals surface area contributed by atoms with E-state index in [4.69, 9.17) is 18.0 Å². The molecule has 0 atom stereocenters. The van der Waals surface area contributed by atoms with Gasteiger partial charge in [0.1, 0.15) is 4.99 Å². The molecule has 0 amide bonds. The van der Waals surface area contributed by atoms with Gasteiger partial charge in [-0.25, -0.2) is 13.1 Å². The van der Waals surface area contributed by atoms with Crippen LogP contribution in [0, 0.1) is 5.92 Å². The van der Waals surface area contributed by atoms with Gasteiger partial charge in [-0.2, -0.15) is 0 Å². The lowest BCUT2D eigenvalue weighted by molar-refractivity contribution is 0.559. The van der Waals surface area contributed by atoms with E-state index in [0.717, 1.165) is 0 Å². The van der Waals surface area contributed by atoms with Crippen LogP contribution in [-0.2, 0) is 15.8 Å². The van der Waals surface area contributed by atoms with Crippen LogP contribution in [0.3, 0.4) is 0 Å². The minimum atomic E-state index is -3.31. The van der Waals surface area contributed by atoms with Crippen molar-refractivity contribution in [1.82, 2.24) is 4.72 Å². The maximum atomic E-state index is 11.8. The second-order valence-electron chi connectivity index (χ2n) is 4.57. The summed E-state index contributed by atoms with van der Waals surface area (Å²) in [7, 11) is -3.31. The Hall–Kier alpha value is -0.980. The molecule has 18 heavy (non-hydrogen) atoms. The molecule has 0 saturated carbocycles. The second-order valence-corrected chi connectivity index (χ2v) is 6.81. The predicted octanol–water partition coefficient (Wildman–Crippen LogP) is 1.40. The topological polar surface area (TPSA) is 72.2 Å². The highest BCUT2D eigenvalue weighted by molar-refractivity contribution is 7.88. The molecule has 0 aliphatic heterocycles. The summed E-state index contributed by atoms with van der Waals surface area (Å²) in [4.78, 5) is 0.268. The third-order valence-electron chi connectivity index (χ3n) is 2.28. The molecule has 0 aliphatic rings. The monoisotopic (exact) mass is 286 g/mol. The van der Waals surface area contributed by atoms with Crippen molar-refractivity contribution in [3.63, 3.8) is 0 Å². The lowest BCUT2D eigenvalue weighted by atomic mass is 10.1. The Kier molecular flexibility index (Phi) is 5.25. The Labute approximate surface area is 114 Å². The minimum absolute atomic E-state index is 0.0594. The van der Waals surface area contributed by atoms with Crippen LogP contribution in [0.5, 0.6) is 0 Å². The molecule has 0 heterocycles. The minimum Gasteiger partial charge on any atom is -0.389 e. The normalized spacial score (nSPS) is 11.7. The number of rotatable bonds is 6. The maximum absolute atomic E-state index is 11.8. The molecular formula is C12H18N2O2S2. The van der Waals surface area contributed by atoms with Gasteiger partial charge in [0.05, 0.1) is 5.75 Å². The highest BCUT2D eigenvalue weighted by Gasteiger charge is 2.12. The van der Waals surface area contributed by atoms with E-state index in [0.29, 0.717) is 17.7 Å². The number of thiocarbonyl (C=S) groups is 1. The molecular weight excluding hydrogens is 268 g/mol. The molecule has 0 aliphatic carbocycles. The van der Waals surface area contributed by atoms with E-state index in [2.05, 4.69) is 4.72 Å². The summed E-state index contributed by atoms with van der Waals surface area (Å²) in [6, 6.07) is 6.97. The molecule has 0 aromatic heterocycles. The molecule has 3 N–H and O–H groups in total. The summed E-state index contributed by atoms with van der Waals surface area (Å²) in [5.41, 5.74) is 6.87. The summed E-state index contributed by atoms with van der Waals surface area (Å²) in [5.74, 6) is 0.221. The Morgan fingerprint density at radius 2 is 2.11 bits per heavy atom. The Balaban J connectivity index is 2.78. The average Bonchev–Trinajstić information content (AvgIpc) is 2.26. The first-order valence-electron chi connectivity index (χ1n) is 5.66. The van der Waals surface area contributed by atoms with Crippen molar-refractivity contribution in [2.24, 2.45) is 11.7 Å². The van der Waals surface area contributed by atoms with Crippen molar-refractivity contribution in [3.05, 3.63) is 35.4 Å². The van der Waals surface area contributed by atoms with Crippen molar-refractivity contribution in [3.8, 4) is 0 Å². The van der Waals surface area contributed by atoms with Crippen LogP contribution in [-0.4, -0.2) is 20.0 Å². The summed E-state index contributed by atoms with van der Waals surface area (Å²) in [6.07, 6.45) is 0. The Bertz CT molecular complexity index is 525. The number of benzene rings is 1. The zero-order valence-corrected chi connectivity index (χ0v) is 12.1. The number of nitrogens with one attached hydrogen (secondary N) is 1. The fourth-order valence-electron chi connectivity index (χ4n) is 1.38. The summed E-state index contributed by atoms with van der Waals surface area (Å²) in [6.45, 7) is 4.35. The van der Waals surface area contributed by atoms with E-state index < -0.39 is 10.0 Å². The van der Waals surface area contributed by atoms with Crippen LogP contribution < -0.4 is 10.5 Å². The SMILES string of the molecule is CC(C)CNS(=O)(=O)Cc1cccc(C(N)=S)c1. The standard InChI is InChI=1S/C12H18N2O2S2/c1-9(2)7-14-18(15,16)8-10-4-3-5-11(6-10)12(13)17/h3-6,9,14H,7-8H2,1-2H3,(H2,13,17). The number of hydrogen-bond acceptors (Lipinski definition) is 3. The zero-order chi connectivity index (χ0) is 13.8. The molecule has 0 radical (unpaired) electrons. The number of sulfonamides is 1. The molecule has 0 spiro atoms. The first kappa shape index (κ1) is 15.1. The largest absolute Gasteiger partial charge is 0.389 e. The van der Waals surface area contributed by atoms with E-state index in [1.807, 2.05) is 13.8 Å². The van der Waals surface area contributed by atoms with E-state index >= 15 is 0 Å². The summed E-state index contributed by atoms with van der Waals surface area (Å²) < 4.78 is 26.2. The van der Waals surface area contributed by atoms with Crippen LogP contribution in [0.25, 0.3) is 0 Å². The van der Waals surface area contributed by atoms with Gasteiger partial charge in [-0.1, -0.05) is 44.3 Å². The summed E-state index contributed by atoms with van der Waals surface area (Å²) >= 11 is 4.86. The summed E-state index contributed by atoms with van der Waals surface area (Å²) in [5, 5.41) is 0. The van der Waals surface area contributed by atoms with E-state index in [1.165, 1.54) is 0 Å². The molecule has 100 valence electrons. The van der Waals surface area contributed by atoms with Crippen LogP contribution in [0.2, 0.25) is 0 Å². The van der Waals surface area contributed by atoms with Crippen LogP contribution in [0.1, 0.15) is 25.0 Å². The van der Waals surface area contributed by atoms with Gasteiger partial charge in [0.25, 0.3) is 0 Å². The fraction of sp³-hybridized carbons (Fsp3) is 0.417. The smallest absolute Gasteiger partial charge is 0.215 e. The third-order valence-corrected chi connectivity index (χ3v) is 3.84. The van der Waals surface area contributed by atoms with Gasteiger partial charge in [-0.3, -0.25) is 0 Å². The van der Waals surface area contributed by atoms with Crippen LogP contribution >= 0.6 is 12.2 Å². The lowest BCUT2D eigenvalue weighted by Crippen LogP contribution is -2.28. The molecule has 1 rings (SSSR count). The lowest BCUT2D eigenvalue weighted by Gasteiger charge is -2.09. The average molecular weight is 286 g/mol. The highest BCUT2D eigenvalue weighted by atomic mass is 32.2. The van der Waals surface area contributed by atoms with Gasteiger partial charge >= 0.3 is 0 Å². The molecule has 4 nitrogen and oxygen atoms in total. The van der Waals surface area contributed by atoms with Gasteiger partial charge in [-0.05, 0) is 17.5 Å². The second kappa shape index (κ2) is 6.26. The molecule has 1 aromatic rings. The van der Waals surface area contributed by atoms with Crippen molar-refractivity contribution >= 4 is 27.2 Å².